The molecule has 70 heavy (non-hydrogen) atoms. The Kier molecular flexibility index (Phi) is 8.32. The molecule has 4 heterocycles. The van der Waals surface area contributed by atoms with Gasteiger partial charge in [-0.15, -0.1) is 0 Å². The van der Waals surface area contributed by atoms with Crippen LogP contribution in [0.15, 0.2) is 233 Å². The van der Waals surface area contributed by atoms with Crippen LogP contribution in [-0.4, -0.2) is 19.5 Å². The van der Waals surface area contributed by atoms with Crippen molar-refractivity contribution in [3.05, 3.63) is 241 Å². The van der Waals surface area contributed by atoms with Crippen molar-refractivity contribution in [2.75, 3.05) is 0 Å². The van der Waals surface area contributed by atoms with Crippen LogP contribution >= 0.6 is 0 Å². The molecule has 4 aromatic heterocycles. The highest BCUT2D eigenvalue weighted by Crippen LogP contribution is 2.52. The summed E-state index contributed by atoms with van der Waals surface area (Å²) in [7, 11) is 0. The van der Waals surface area contributed by atoms with Crippen molar-refractivity contribution in [2.45, 2.75) is 5.92 Å². The molecule has 15 rings (SSSR count). The third-order valence-corrected chi connectivity index (χ3v) is 14.3. The largest absolute Gasteiger partial charge is 0.456 e. The first-order valence-corrected chi connectivity index (χ1v) is 23.7. The van der Waals surface area contributed by atoms with Gasteiger partial charge in [0.2, 0.25) is 0 Å². The maximum Gasteiger partial charge on any atom is 0.164 e. The molecule has 1 atom stereocenters. The maximum absolute atomic E-state index is 7.17. The molecule has 1 unspecified atom stereocenters. The minimum Gasteiger partial charge on any atom is -0.456 e. The number of furan rings is 2. The van der Waals surface area contributed by atoms with Gasteiger partial charge in [-0.25, -0.2) is 15.0 Å². The summed E-state index contributed by atoms with van der Waals surface area (Å²) in [5.74, 6) is 1.93. The van der Waals surface area contributed by atoms with Crippen molar-refractivity contribution in [1.29, 1.82) is 0 Å². The highest BCUT2D eigenvalue weighted by molar-refractivity contribution is 6.15. The number of benzene rings is 10. The van der Waals surface area contributed by atoms with Crippen LogP contribution in [0.5, 0.6) is 0 Å². The van der Waals surface area contributed by atoms with Crippen LogP contribution in [0, 0.1) is 0 Å². The van der Waals surface area contributed by atoms with Gasteiger partial charge in [0.05, 0.1) is 11.0 Å². The number of fused-ring (bicyclic) bond motifs is 13. The Balaban J connectivity index is 0.863. The molecule has 14 aromatic rings. The van der Waals surface area contributed by atoms with E-state index in [2.05, 4.69) is 156 Å². The van der Waals surface area contributed by atoms with E-state index in [4.69, 9.17) is 23.8 Å². The minimum atomic E-state index is 0.0839. The van der Waals surface area contributed by atoms with E-state index in [1.54, 1.807) is 0 Å². The molecule has 0 radical (unpaired) electrons. The standard InChI is InChI=1S/C64H38N4O2/c1-4-15-38(16-5-1)58-47-23-11-10-21-45(47)48-30-31-50-49-25-14-24-44(60(49)70-61(50)59(48)58)41-27-32-55-51(35-41)46-22-12-13-26-54(46)68(55)43-29-34-57-53(37-43)52-36-42(28-33-56(52)69-57)64-66-62(39-17-6-2-7-18-39)65-63(67-64)40-19-8-3-9-20-40/h1-37,58H. The van der Waals surface area contributed by atoms with Gasteiger partial charge in [0.1, 0.15) is 22.3 Å². The molecule has 0 fully saturated rings. The molecule has 6 heteroatoms. The monoisotopic (exact) mass is 894 g/mol. The van der Waals surface area contributed by atoms with Crippen molar-refractivity contribution in [3.63, 3.8) is 0 Å². The van der Waals surface area contributed by atoms with E-state index in [9.17, 15) is 0 Å². The summed E-state index contributed by atoms with van der Waals surface area (Å²) < 4.78 is 16.0. The van der Waals surface area contributed by atoms with Gasteiger partial charge in [-0.2, -0.15) is 0 Å². The molecule has 6 nitrogen and oxygen atoms in total. The number of nitrogens with zero attached hydrogens (tertiary/aromatic N) is 4. The van der Waals surface area contributed by atoms with Crippen molar-refractivity contribution in [3.8, 4) is 62.1 Å². The molecular formula is C64H38N4O2. The van der Waals surface area contributed by atoms with E-state index >= 15 is 0 Å². The Morgan fingerprint density at radius 2 is 0.929 bits per heavy atom. The number of hydrogen-bond acceptors (Lipinski definition) is 5. The predicted octanol–water partition coefficient (Wildman–Crippen LogP) is 16.6. The van der Waals surface area contributed by atoms with Crippen molar-refractivity contribution in [2.24, 2.45) is 0 Å². The summed E-state index contributed by atoms with van der Waals surface area (Å²) in [6.07, 6.45) is 0. The quantitative estimate of drug-likeness (QED) is 0.166. The van der Waals surface area contributed by atoms with Gasteiger partial charge >= 0.3 is 0 Å². The lowest BCUT2D eigenvalue weighted by Crippen LogP contribution is -2.00. The van der Waals surface area contributed by atoms with Crippen molar-refractivity contribution >= 4 is 65.7 Å². The predicted molar refractivity (Wildman–Crippen MR) is 283 cm³/mol. The first-order chi connectivity index (χ1) is 34.7. The molecule has 10 aromatic carbocycles. The van der Waals surface area contributed by atoms with Gasteiger partial charge in [-0.1, -0.05) is 164 Å². The van der Waals surface area contributed by atoms with Gasteiger partial charge in [-0.05, 0) is 88.5 Å². The maximum atomic E-state index is 7.17. The SMILES string of the molecule is c1ccc(-c2nc(-c3ccccc3)nc(-c3ccc4oc5ccc(-n6c7ccccc7c7cc(-c8cccc9c8oc8c%10c(ccc89)-c8ccccc8C%10c8ccccc8)ccc76)cc5c4c3)n2)cc1. The Morgan fingerprint density at radius 1 is 0.343 bits per heavy atom. The average molecular weight is 895 g/mol. The highest BCUT2D eigenvalue weighted by Gasteiger charge is 2.33. The van der Waals surface area contributed by atoms with Gasteiger partial charge < -0.3 is 13.4 Å². The van der Waals surface area contributed by atoms with Crippen LogP contribution in [-0.2, 0) is 0 Å². The second kappa shape index (κ2) is 15.1. The molecular weight excluding hydrogens is 857 g/mol. The molecule has 0 spiro atoms. The lowest BCUT2D eigenvalue weighted by atomic mass is 9.88. The average Bonchev–Trinajstić information content (AvgIpc) is 4.19. The smallest absolute Gasteiger partial charge is 0.164 e. The van der Waals surface area contributed by atoms with Crippen LogP contribution < -0.4 is 0 Å². The molecule has 0 N–H and O–H groups in total. The van der Waals surface area contributed by atoms with Gasteiger partial charge in [0.15, 0.2) is 17.5 Å². The van der Waals surface area contributed by atoms with E-state index < -0.39 is 0 Å². The summed E-state index contributed by atoms with van der Waals surface area (Å²) >= 11 is 0. The zero-order valence-corrected chi connectivity index (χ0v) is 37.5. The molecule has 0 saturated carbocycles. The zero-order chi connectivity index (χ0) is 45.9. The molecule has 0 amide bonds. The molecule has 1 aliphatic carbocycles. The molecule has 326 valence electrons. The van der Waals surface area contributed by atoms with Crippen LogP contribution in [0.1, 0.15) is 22.6 Å². The Hall–Kier alpha value is -9.39. The molecule has 0 saturated heterocycles. The third-order valence-electron chi connectivity index (χ3n) is 14.3. The number of rotatable bonds is 6. The summed E-state index contributed by atoms with van der Waals surface area (Å²) in [5.41, 5.74) is 18.0. The van der Waals surface area contributed by atoms with Crippen LogP contribution in [0.25, 0.3) is 128 Å². The molecule has 0 bridgehead atoms. The Bertz CT molecular complexity index is 4360. The summed E-state index contributed by atoms with van der Waals surface area (Å²) in [6.45, 7) is 0. The van der Waals surface area contributed by atoms with Crippen LogP contribution in [0.3, 0.4) is 0 Å². The lowest BCUT2D eigenvalue weighted by Gasteiger charge is -2.14. The fourth-order valence-electron chi connectivity index (χ4n) is 11.2. The zero-order valence-electron chi connectivity index (χ0n) is 37.5. The normalized spacial score (nSPS) is 13.3. The fraction of sp³-hybridized carbons (Fsp3) is 0.0156. The first kappa shape index (κ1) is 38.7. The van der Waals surface area contributed by atoms with E-state index in [0.29, 0.717) is 17.5 Å². The van der Waals surface area contributed by atoms with Crippen LogP contribution in [0.2, 0.25) is 0 Å². The van der Waals surface area contributed by atoms with Gasteiger partial charge in [-0.3, -0.25) is 0 Å². The third kappa shape index (κ3) is 5.83. The minimum absolute atomic E-state index is 0.0839. The van der Waals surface area contributed by atoms with E-state index in [1.807, 2.05) is 72.8 Å². The number of para-hydroxylation sites is 2. The fourth-order valence-corrected chi connectivity index (χ4v) is 11.2. The van der Waals surface area contributed by atoms with Crippen molar-refractivity contribution < 1.29 is 8.83 Å². The summed E-state index contributed by atoms with van der Waals surface area (Å²) in [5, 5.41) is 6.60. The molecule has 1 aliphatic rings. The number of aromatic nitrogens is 4. The topological polar surface area (TPSA) is 69.9 Å². The number of hydrogen-bond donors (Lipinski definition) is 0. The Labute approximate surface area is 401 Å². The van der Waals surface area contributed by atoms with E-state index in [0.717, 1.165) is 88.4 Å². The van der Waals surface area contributed by atoms with E-state index in [1.165, 1.54) is 38.6 Å². The summed E-state index contributed by atoms with van der Waals surface area (Å²) in [4.78, 5) is 15.0. The first-order valence-electron chi connectivity index (χ1n) is 23.7. The van der Waals surface area contributed by atoms with Gasteiger partial charge in [0.25, 0.3) is 0 Å². The second-order valence-corrected chi connectivity index (χ2v) is 18.2. The molecule has 0 aliphatic heterocycles. The lowest BCUT2D eigenvalue weighted by molar-refractivity contribution is 0.663. The van der Waals surface area contributed by atoms with E-state index in [-0.39, 0.29) is 5.92 Å². The highest BCUT2D eigenvalue weighted by atomic mass is 16.3. The van der Waals surface area contributed by atoms with Crippen LogP contribution in [0.4, 0.5) is 0 Å². The second-order valence-electron chi connectivity index (χ2n) is 18.2. The summed E-state index contributed by atoms with van der Waals surface area (Å²) in [6, 6.07) is 79.1. The van der Waals surface area contributed by atoms with Gasteiger partial charge in [0, 0.05) is 71.7 Å². The van der Waals surface area contributed by atoms with Crippen molar-refractivity contribution in [1.82, 2.24) is 19.5 Å². The Morgan fingerprint density at radius 3 is 1.71 bits per heavy atom.